The first kappa shape index (κ1) is 16.9. The van der Waals surface area contributed by atoms with Gasteiger partial charge in [-0.25, -0.2) is 0 Å². The van der Waals surface area contributed by atoms with E-state index in [1.54, 1.807) is 20.8 Å². The van der Waals surface area contributed by atoms with E-state index in [9.17, 15) is 9.59 Å². The number of rotatable bonds is 8. The van der Waals surface area contributed by atoms with Crippen molar-refractivity contribution in [2.75, 3.05) is 0 Å². The van der Waals surface area contributed by atoms with Crippen LogP contribution < -0.4 is 10.6 Å². The number of carboxylic acid groups (broad SMARTS) is 1. The summed E-state index contributed by atoms with van der Waals surface area (Å²) in [6, 6.07) is -0.408. The zero-order chi connectivity index (χ0) is 14.3. The van der Waals surface area contributed by atoms with E-state index in [4.69, 9.17) is 5.11 Å². The van der Waals surface area contributed by atoms with E-state index < -0.39 is 17.6 Å². The molecule has 0 radical (unpaired) electrons. The summed E-state index contributed by atoms with van der Waals surface area (Å²) >= 11 is 0. The number of hydrogen-bond acceptors (Lipinski definition) is 3. The standard InChI is InChI=1S/C13H26N2O3/c1-6-8-9(3)14-11(16)10(4)15-13(5,7-2)12(17)18/h9-10,15H,6-8H2,1-5H3,(H,14,16)(H,17,18). The molecule has 0 rings (SSSR count). The summed E-state index contributed by atoms with van der Waals surface area (Å²) in [5, 5.41) is 14.9. The Morgan fingerprint density at radius 1 is 1.28 bits per heavy atom. The highest BCUT2D eigenvalue weighted by Crippen LogP contribution is 2.10. The summed E-state index contributed by atoms with van der Waals surface area (Å²) < 4.78 is 0. The van der Waals surface area contributed by atoms with Gasteiger partial charge in [-0.15, -0.1) is 0 Å². The number of carbonyl (C=O) groups excluding carboxylic acids is 1. The first-order valence-corrected chi connectivity index (χ1v) is 6.58. The summed E-state index contributed by atoms with van der Waals surface area (Å²) in [7, 11) is 0. The van der Waals surface area contributed by atoms with Crippen LogP contribution >= 0.6 is 0 Å². The normalized spacial score (nSPS) is 17.6. The molecule has 0 fully saturated rings. The second-order valence-corrected chi connectivity index (χ2v) is 5.06. The van der Waals surface area contributed by atoms with E-state index in [1.165, 1.54) is 0 Å². The van der Waals surface area contributed by atoms with Crippen molar-refractivity contribution in [1.82, 2.24) is 10.6 Å². The Morgan fingerprint density at radius 3 is 2.22 bits per heavy atom. The van der Waals surface area contributed by atoms with Gasteiger partial charge in [-0.1, -0.05) is 20.3 Å². The fourth-order valence-electron chi connectivity index (χ4n) is 1.73. The van der Waals surface area contributed by atoms with Gasteiger partial charge in [-0.3, -0.25) is 14.9 Å². The van der Waals surface area contributed by atoms with Crippen molar-refractivity contribution in [3.63, 3.8) is 0 Å². The van der Waals surface area contributed by atoms with Crippen molar-refractivity contribution in [2.45, 2.75) is 71.5 Å². The van der Waals surface area contributed by atoms with Crippen molar-refractivity contribution < 1.29 is 14.7 Å². The molecule has 0 aliphatic rings. The second kappa shape index (κ2) is 7.36. The van der Waals surface area contributed by atoms with E-state index >= 15 is 0 Å². The van der Waals surface area contributed by atoms with Gasteiger partial charge in [0, 0.05) is 6.04 Å². The molecule has 5 heteroatoms. The Labute approximate surface area is 109 Å². The number of amides is 1. The third-order valence-electron chi connectivity index (χ3n) is 3.22. The molecule has 0 saturated carbocycles. The molecule has 0 aromatic rings. The number of nitrogens with one attached hydrogen (secondary N) is 2. The molecule has 3 unspecified atom stereocenters. The quantitative estimate of drug-likeness (QED) is 0.617. The van der Waals surface area contributed by atoms with Crippen LogP contribution in [0.25, 0.3) is 0 Å². The molecule has 0 bridgehead atoms. The molecule has 0 aromatic heterocycles. The summed E-state index contributed by atoms with van der Waals surface area (Å²) in [5.74, 6) is -1.09. The lowest BCUT2D eigenvalue weighted by Gasteiger charge is -2.29. The Balaban J connectivity index is 4.43. The largest absolute Gasteiger partial charge is 0.480 e. The molecular formula is C13H26N2O3. The van der Waals surface area contributed by atoms with Gasteiger partial charge < -0.3 is 10.4 Å². The van der Waals surface area contributed by atoms with E-state index in [-0.39, 0.29) is 11.9 Å². The van der Waals surface area contributed by atoms with E-state index in [2.05, 4.69) is 17.6 Å². The van der Waals surface area contributed by atoms with Gasteiger partial charge in [0.25, 0.3) is 0 Å². The van der Waals surface area contributed by atoms with Gasteiger partial charge in [0.2, 0.25) is 5.91 Å². The molecule has 0 aliphatic carbocycles. The maximum Gasteiger partial charge on any atom is 0.323 e. The molecule has 18 heavy (non-hydrogen) atoms. The Bertz CT molecular complexity index is 294. The molecule has 3 N–H and O–H groups in total. The van der Waals surface area contributed by atoms with Gasteiger partial charge in [0.1, 0.15) is 5.54 Å². The van der Waals surface area contributed by atoms with Crippen LogP contribution in [0.15, 0.2) is 0 Å². The predicted octanol–water partition coefficient (Wildman–Crippen LogP) is 1.52. The second-order valence-electron chi connectivity index (χ2n) is 5.06. The zero-order valence-corrected chi connectivity index (χ0v) is 12.0. The average molecular weight is 258 g/mol. The minimum absolute atomic E-state index is 0.115. The molecule has 5 nitrogen and oxygen atoms in total. The molecular weight excluding hydrogens is 232 g/mol. The van der Waals surface area contributed by atoms with Crippen molar-refractivity contribution in [2.24, 2.45) is 0 Å². The van der Waals surface area contributed by atoms with Crippen molar-refractivity contribution in [1.29, 1.82) is 0 Å². The third kappa shape index (κ3) is 5.04. The highest BCUT2D eigenvalue weighted by atomic mass is 16.4. The summed E-state index contributed by atoms with van der Waals surface area (Å²) in [5.41, 5.74) is -1.06. The minimum atomic E-state index is -1.06. The summed E-state index contributed by atoms with van der Waals surface area (Å²) in [6.45, 7) is 9.07. The molecule has 1 amide bonds. The zero-order valence-electron chi connectivity index (χ0n) is 12.0. The van der Waals surface area contributed by atoms with Gasteiger partial charge in [0.05, 0.1) is 6.04 Å². The summed E-state index contributed by atoms with van der Waals surface area (Å²) in [6.07, 6.45) is 2.35. The molecule has 3 atom stereocenters. The SMILES string of the molecule is CCCC(C)NC(=O)C(C)NC(C)(CC)C(=O)O. The molecule has 0 heterocycles. The Morgan fingerprint density at radius 2 is 1.83 bits per heavy atom. The van der Waals surface area contributed by atoms with Gasteiger partial charge >= 0.3 is 5.97 Å². The van der Waals surface area contributed by atoms with Crippen LogP contribution in [-0.4, -0.2) is 34.6 Å². The topological polar surface area (TPSA) is 78.4 Å². The fraction of sp³-hybridized carbons (Fsp3) is 0.846. The van der Waals surface area contributed by atoms with E-state index in [0.29, 0.717) is 6.42 Å². The smallest absolute Gasteiger partial charge is 0.323 e. The van der Waals surface area contributed by atoms with Crippen molar-refractivity contribution >= 4 is 11.9 Å². The van der Waals surface area contributed by atoms with Crippen molar-refractivity contribution in [3.05, 3.63) is 0 Å². The number of hydrogen-bond donors (Lipinski definition) is 3. The molecule has 106 valence electrons. The third-order valence-corrected chi connectivity index (χ3v) is 3.22. The lowest BCUT2D eigenvalue weighted by Crippen LogP contribution is -2.57. The van der Waals surface area contributed by atoms with Crippen LogP contribution in [0.5, 0.6) is 0 Å². The average Bonchev–Trinajstić information content (AvgIpc) is 2.28. The van der Waals surface area contributed by atoms with Crippen LogP contribution in [0.2, 0.25) is 0 Å². The highest BCUT2D eigenvalue weighted by Gasteiger charge is 2.34. The molecule has 0 spiro atoms. The lowest BCUT2D eigenvalue weighted by molar-refractivity contribution is -0.145. The molecule has 0 aromatic carbocycles. The monoisotopic (exact) mass is 258 g/mol. The van der Waals surface area contributed by atoms with Crippen LogP contribution in [0.1, 0.15) is 53.9 Å². The van der Waals surface area contributed by atoms with Gasteiger partial charge in [0.15, 0.2) is 0 Å². The maximum atomic E-state index is 11.9. The highest BCUT2D eigenvalue weighted by molar-refractivity contribution is 5.84. The first-order chi connectivity index (χ1) is 8.26. The Hall–Kier alpha value is -1.10. The minimum Gasteiger partial charge on any atom is -0.480 e. The Kier molecular flexibility index (Phi) is 6.91. The van der Waals surface area contributed by atoms with Gasteiger partial charge in [-0.2, -0.15) is 0 Å². The van der Waals surface area contributed by atoms with Crippen LogP contribution in [0.4, 0.5) is 0 Å². The molecule has 0 aliphatic heterocycles. The van der Waals surface area contributed by atoms with E-state index in [1.807, 2.05) is 6.92 Å². The number of carboxylic acids is 1. The molecule has 0 saturated heterocycles. The lowest BCUT2D eigenvalue weighted by atomic mass is 9.98. The van der Waals surface area contributed by atoms with Crippen molar-refractivity contribution in [3.8, 4) is 0 Å². The van der Waals surface area contributed by atoms with Crippen LogP contribution in [0, 0.1) is 0 Å². The fourth-order valence-corrected chi connectivity index (χ4v) is 1.73. The van der Waals surface area contributed by atoms with Crippen LogP contribution in [-0.2, 0) is 9.59 Å². The van der Waals surface area contributed by atoms with Crippen LogP contribution in [0.3, 0.4) is 0 Å². The van der Waals surface area contributed by atoms with E-state index in [0.717, 1.165) is 12.8 Å². The summed E-state index contributed by atoms with van der Waals surface area (Å²) in [4.78, 5) is 23.0. The first-order valence-electron chi connectivity index (χ1n) is 6.58. The number of aliphatic carboxylic acids is 1. The predicted molar refractivity (Wildman–Crippen MR) is 71.4 cm³/mol. The maximum absolute atomic E-state index is 11.9. The number of carbonyl (C=O) groups is 2. The van der Waals surface area contributed by atoms with Gasteiger partial charge in [-0.05, 0) is 33.6 Å².